The maximum atomic E-state index is 14.1. The molecule has 0 heterocycles. The molecule has 0 fully saturated rings. The van der Waals surface area contributed by atoms with Gasteiger partial charge in [0.25, 0.3) is 0 Å². The van der Waals surface area contributed by atoms with Crippen LogP contribution in [0.1, 0.15) is 37.0 Å². The van der Waals surface area contributed by atoms with Gasteiger partial charge in [-0.1, -0.05) is 73.2 Å². The molecule has 214 valence electrons. The second-order valence-electron chi connectivity index (χ2n) is 10.0. The van der Waals surface area contributed by atoms with Crippen molar-refractivity contribution in [3.63, 3.8) is 0 Å². The number of methoxy groups -OCH3 is 1. The van der Waals surface area contributed by atoms with Crippen LogP contribution in [0, 0.1) is 6.92 Å². The fraction of sp³-hybridized carbons (Fsp3) is 0.355. The highest BCUT2D eigenvalue weighted by Crippen LogP contribution is 2.24. The van der Waals surface area contributed by atoms with E-state index in [2.05, 4.69) is 5.32 Å². The molecule has 2 amide bonds. The Bertz CT molecular complexity index is 1380. The minimum absolute atomic E-state index is 0.0913. The largest absolute Gasteiger partial charge is 0.497 e. The number of amides is 2. The molecule has 0 saturated heterocycles. The average molecular weight is 566 g/mol. The predicted octanol–water partition coefficient (Wildman–Crippen LogP) is 4.32. The number of nitrogens with zero attached hydrogens (tertiary/aromatic N) is 2. The van der Waals surface area contributed by atoms with Gasteiger partial charge in [0.05, 0.1) is 19.1 Å². The molecular formula is C31H39N3O5S. The molecule has 0 radical (unpaired) electrons. The van der Waals surface area contributed by atoms with Crippen molar-refractivity contribution in [3.8, 4) is 5.75 Å². The van der Waals surface area contributed by atoms with Gasteiger partial charge in [0.15, 0.2) is 0 Å². The maximum Gasteiger partial charge on any atom is 0.244 e. The van der Waals surface area contributed by atoms with Gasteiger partial charge in [-0.15, -0.1) is 0 Å². The maximum absolute atomic E-state index is 14.1. The number of carbonyl (C=O) groups excluding carboxylic acids is 2. The Kier molecular flexibility index (Phi) is 10.7. The number of aryl methyl sites for hydroxylation is 1. The molecule has 0 unspecified atom stereocenters. The van der Waals surface area contributed by atoms with Gasteiger partial charge in [-0.2, -0.15) is 0 Å². The van der Waals surface area contributed by atoms with E-state index in [-0.39, 0.29) is 24.9 Å². The zero-order valence-corrected chi connectivity index (χ0v) is 24.6. The molecule has 0 saturated carbocycles. The minimum atomic E-state index is -3.85. The van der Waals surface area contributed by atoms with E-state index in [1.807, 2.05) is 75.4 Å². The predicted molar refractivity (Wildman–Crippen MR) is 159 cm³/mol. The van der Waals surface area contributed by atoms with Crippen LogP contribution in [0.15, 0.2) is 78.9 Å². The summed E-state index contributed by atoms with van der Waals surface area (Å²) in [5.41, 5.74) is 3.09. The van der Waals surface area contributed by atoms with Crippen molar-refractivity contribution in [1.29, 1.82) is 0 Å². The van der Waals surface area contributed by atoms with E-state index in [9.17, 15) is 18.0 Å². The van der Waals surface area contributed by atoms with Crippen LogP contribution in [-0.4, -0.2) is 57.1 Å². The summed E-state index contributed by atoms with van der Waals surface area (Å²) < 4.78 is 32.1. The molecule has 0 bridgehead atoms. The third kappa shape index (κ3) is 8.58. The topological polar surface area (TPSA) is 96.0 Å². The summed E-state index contributed by atoms with van der Waals surface area (Å²) in [6.45, 7) is 5.53. The summed E-state index contributed by atoms with van der Waals surface area (Å²) in [6, 6.07) is 22.8. The first-order chi connectivity index (χ1) is 19.0. The van der Waals surface area contributed by atoms with E-state index in [1.165, 1.54) is 12.0 Å². The number of nitrogens with one attached hydrogen (secondary N) is 1. The van der Waals surface area contributed by atoms with E-state index in [0.29, 0.717) is 11.4 Å². The van der Waals surface area contributed by atoms with Gasteiger partial charge < -0.3 is 15.0 Å². The molecule has 3 aromatic carbocycles. The lowest BCUT2D eigenvalue weighted by molar-refractivity contribution is -0.140. The van der Waals surface area contributed by atoms with Crippen LogP contribution in [0.2, 0.25) is 0 Å². The Morgan fingerprint density at radius 2 is 1.62 bits per heavy atom. The fourth-order valence-corrected chi connectivity index (χ4v) is 5.11. The first-order valence-electron chi connectivity index (χ1n) is 13.3. The van der Waals surface area contributed by atoms with Crippen LogP contribution in [0.3, 0.4) is 0 Å². The molecule has 0 aliphatic heterocycles. The monoisotopic (exact) mass is 565 g/mol. The third-order valence-electron chi connectivity index (χ3n) is 6.77. The SMILES string of the molecule is CC[C@@H](C)NC(=O)[C@H](Cc1ccccc1)N(Cc1ccc(C)cc1)C(=O)CN(c1cccc(OC)c1)S(C)(=O)=O. The number of ether oxygens (including phenoxy) is 1. The second kappa shape index (κ2) is 14.0. The Morgan fingerprint density at radius 3 is 2.23 bits per heavy atom. The Labute approximate surface area is 238 Å². The molecule has 1 N–H and O–H groups in total. The lowest BCUT2D eigenvalue weighted by Crippen LogP contribution is -2.54. The molecule has 2 atom stereocenters. The van der Waals surface area contributed by atoms with E-state index in [4.69, 9.17) is 4.74 Å². The van der Waals surface area contributed by atoms with Gasteiger partial charge in [-0.05, 0) is 43.5 Å². The Hall–Kier alpha value is -3.85. The quantitative estimate of drug-likeness (QED) is 0.333. The number of hydrogen-bond donors (Lipinski definition) is 1. The van der Waals surface area contributed by atoms with E-state index < -0.39 is 28.5 Å². The molecule has 9 heteroatoms. The van der Waals surface area contributed by atoms with Crippen LogP contribution < -0.4 is 14.4 Å². The summed E-state index contributed by atoms with van der Waals surface area (Å²) in [5.74, 6) is -0.315. The Morgan fingerprint density at radius 1 is 0.950 bits per heavy atom. The number of hydrogen-bond acceptors (Lipinski definition) is 5. The number of sulfonamides is 1. The average Bonchev–Trinajstić information content (AvgIpc) is 2.94. The van der Waals surface area contributed by atoms with Gasteiger partial charge in [-0.25, -0.2) is 8.42 Å². The van der Waals surface area contributed by atoms with Crippen LogP contribution in [-0.2, 0) is 32.6 Å². The molecule has 0 spiro atoms. The zero-order valence-electron chi connectivity index (χ0n) is 23.8. The smallest absolute Gasteiger partial charge is 0.244 e. The van der Waals surface area contributed by atoms with Crippen molar-refractivity contribution in [2.75, 3.05) is 24.2 Å². The van der Waals surface area contributed by atoms with E-state index >= 15 is 0 Å². The number of carbonyl (C=O) groups is 2. The van der Waals surface area contributed by atoms with Crippen molar-refractivity contribution in [2.24, 2.45) is 0 Å². The molecular weight excluding hydrogens is 526 g/mol. The van der Waals surface area contributed by atoms with E-state index in [1.54, 1.807) is 24.3 Å². The van der Waals surface area contributed by atoms with Crippen molar-refractivity contribution < 1.29 is 22.7 Å². The van der Waals surface area contributed by atoms with Crippen molar-refractivity contribution in [2.45, 2.75) is 52.2 Å². The van der Waals surface area contributed by atoms with Gasteiger partial charge in [0, 0.05) is 25.1 Å². The molecule has 3 rings (SSSR count). The minimum Gasteiger partial charge on any atom is -0.497 e. The summed E-state index contributed by atoms with van der Waals surface area (Å²) in [4.78, 5) is 29.3. The number of benzene rings is 3. The molecule has 8 nitrogen and oxygen atoms in total. The lowest BCUT2D eigenvalue weighted by atomic mass is 10.0. The van der Waals surface area contributed by atoms with Crippen molar-refractivity contribution in [3.05, 3.63) is 95.6 Å². The standard InChI is InChI=1S/C31H39N3O5S/c1-6-24(3)32-31(36)29(19-25-11-8-7-9-12-25)33(21-26-17-15-23(2)16-18-26)30(35)22-34(40(5,37)38)27-13-10-14-28(20-27)39-4/h7-18,20,24,29H,6,19,21-22H2,1-5H3,(H,32,36)/t24-,29+/m1/s1. The molecule has 0 aromatic heterocycles. The highest BCUT2D eigenvalue weighted by Gasteiger charge is 2.33. The highest BCUT2D eigenvalue weighted by atomic mass is 32.2. The molecule has 40 heavy (non-hydrogen) atoms. The van der Waals surface area contributed by atoms with Crippen LogP contribution >= 0.6 is 0 Å². The Balaban J connectivity index is 2.06. The summed E-state index contributed by atoms with van der Waals surface area (Å²) in [7, 11) is -2.36. The fourth-order valence-electron chi connectivity index (χ4n) is 4.26. The van der Waals surface area contributed by atoms with Crippen LogP contribution in [0.4, 0.5) is 5.69 Å². The van der Waals surface area contributed by atoms with Gasteiger partial charge >= 0.3 is 0 Å². The molecule has 0 aliphatic rings. The van der Waals surface area contributed by atoms with Crippen LogP contribution in [0.25, 0.3) is 0 Å². The number of rotatable bonds is 13. The first-order valence-corrected chi connectivity index (χ1v) is 15.2. The highest BCUT2D eigenvalue weighted by molar-refractivity contribution is 7.92. The number of anilines is 1. The van der Waals surface area contributed by atoms with Crippen molar-refractivity contribution in [1.82, 2.24) is 10.2 Å². The normalized spacial score (nSPS) is 12.7. The molecule has 0 aliphatic carbocycles. The zero-order chi connectivity index (χ0) is 29.3. The summed E-state index contributed by atoms with van der Waals surface area (Å²) >= 11 is 0. The summed E-state index contributed by atoms with van der Waals surface area (Å²) in [6.07, 6.45) is 2.06. The van der Waals surface area contributed by atoms with Gasteiger partial charge in [0.2, 0.25) is 21.8 Å². The van der Waals surface area contributed by atoms with E-state index in [0.717, 1.165) is 33.7 Å². The second-order valence-corrected chi connectivity index (χ2v) is 11.9. The first kappa shape index (κ1) is 30.7. The molecule has 3 aromatic rings. The van der Waals surface area contributed by atoms with Crippen LogP contribution in [0.5, 0.6) is 5.75 Å². The summed E-state index contributed by atoms with van der Waals surface area (Å²) in [5, 5.41) is 3.03. The van der Waals surface area contributed by atoms with Crippen molar-refractivity contribution >= 4 is 27.5 Å². The lowest BCUT2D eigenvalue weighted by Gasteiger charge is -2.34. The third-order valence-corrected chi connectivity index (χ3v) is 7.91. The van der Waals surface area contributed by atoms with Gasteiger partial charge in [-0.3, -0.25) is 13.9 Å². The van der Waals surface area contributed by atoms with Gasteiger partial charge in [0.1, 0.15) is 18.3 Å².